The van der Waals surface area contributed by atoms with Crippen molar-refractivity contribution in [2.24, 2.45) is 22.1 Å². The maximum Gasteiger partial charge on any atom is 0.193 e. The molecule has 0 amide bonds. The van der Waals surface area contributed by atoms with Crippen molar-refractivity contribution in [2.75, 3.05) is 25.1 Å². The monoisotopic (exact) mass is 287 g/mol. The lowest BCUT2D eigenvalue weighted by Gasteiger charge is -2.10. The number of hydrogen-bond acceptors (Lipinski definition) is 3. The lowest BCUT2D eigenvalue weighted by Crippen LogP contribution is -2.23. The summed E-state index contributed by atoms with van der Waals surface area (Å²) in [6, 6.07) is 5.77. The maximum atomic E-state index is 5.96. The Bertz CT molecular complexity index is 581. The van der Waals surface area contributed by atoms with Crippen molar-refractivity contribution in [1.29, 1.82) is 0 Å². The Kier molecular flexibility index (Phi) is 2.94. The molecule has 2 saturated carbocycles. The first kappa shape index (κ1) is 12.8. The number of nitrogens with two attached hydrogens (primary N) is 1. The molecule has 5 heteroatoms. The third-order valence-corrected chi connectivity index (χ3v) is 4.75. The van der Waals surface area contributed by atoms with Gasteiger partial charge in [-0.3, -0.25) is 4.99 Å². The first-order chi connectivity index (χ1) is 10.3. The zero-order valence-electron chi connectivity index (χ0n) is 12.1. The molecule has 4 rings (SSSR count). The Morgan fingerprint density at radius 3 is 2.86 bits per heavy atom. The van der Waals surface area contributed by atoms with Gasteiger partial charge in [-0.05, 0) is 42.7 Å². The molecule has 1 heterocycles. The molecule has 1 aromatic carbocycles. The summed E-state index contributed by atoms with van der Waals surface area (Å²) in [5, 5.41) is 3.14. The molecule has 21 heavy (non-hydrogen) atoms. The molecule has 112 valence electrons. The van der Waals surface area contributed by atoms with E-state index in [9.17, 15) is 0 Å². The minimum Gasteiger partial charge on any atom is -0.490 e. The predicted octanol–water partition coefficient (Wildman–Crippen LogP) is 2.37. The summed E-state index contributed by atoms with van der Waals surface area (Å²) in [6.45, 7) is 2.24. The molecule has 3 aliphatic rings. The Balaban J connectivity index is 1.39. The van der Waals surface area contributed by atoms with Gasteiger partial charge in [0.05, 0.1) is 13.2 Å². The Morgan fingerprint density at radius 1 is 1.29 bits per heavy atom. The van der Waals surface area contributed by atoms with Crippen molar-refractivity contribution in [1.82, 2.24) is 0 Å². The van der Waals surface area contributed by atoms with Gasteiger partial charge in [-0.2, -0.15) is 0 Å². The van der Waals surface area contributed by atoms with Gasteiger partial charge in [0, 0.05) is 24.7 Å². The molecule has 1 aromatic rings. The number of rotatable bonds is 3. The van der Waals surface area contributed by atoms with E-state index in [1.165, 1.54) is 19.3 Å². The number of hydrogen-bond donors (Lipinski definition) is 2. The molecule has 1 aliphatic heterocycles. The molecule has 0 bridgehead atoms. The summed E-state index contributed by atoms with van der Waals surface area (Å²) in [5.74, 6) is 2.81. The van der Waals surface area contributed by atoms with Crippen LogP contribution >= 0.6 is 0 Å². The zero-order chi connectivity index (χ0) is 14.3. The van der Waals surface area contributed by atoms with E-state index in [2.05, 4.69) is 10.3 Å². The van der Waals surface area contributed by atoms with Crippen LogP contribution < -0.4 is 20.5 Å². The van der Waals surface area contributed by atoms with Gasteiger partial charge in [0.15, 0.2) is 17.5 Å². The Morgan fingerprint density at radius 2 is 2.10 bits per heavy atom. The van der Waals surface area contributed by atoms with Crippen molar-refractivity contribution in [3.05, 3.63) is 18.2 Å². The first-order valence-electron chi connectivity index (χ1n) is 7.72. The van der Waals surface area contributed by atoms with Crippen LogP contribution in [0.5, 0.6) is 11.5 Å². The highest BCUT2D eigenvalue weighted by molar-refractivity contribution is 5.92. The third-order valence-electron chi connectivity index (χ3n) is 4.75. The van der Waals surface area contributed by atoms with Gasteiger partial charge in [-0.25, -0.2) is 0 Å². The quantitative estimate of drug-likeness (QED) is 0.661. The lowest BCUT2D eigenvalue weighted by atomic mass is 10.3. The standard InChI is InChI=1S/C16H21N3O2/c17-15(18-10-11-9-16(11)4-5-16)19-12-2-3-13-14(8-12)21-7-1-6-20-13/h2-3,8,11H,1,4-7,9-10H2,(H3,17,18,19). The number of guanidine groups is 1. The smallest absolute Gasteiger partial charge is 0.193 e. The van der Waals surface area contributed by atoms with Crippen molar-refractivity contribution in [3.8, 4) is 11.5 Å². The van der Waals surface area contributed by atoms with Gasteiger partial charge in [-0.1, -0.05) is 0 Å². The molecule has 0 aromatic heterocycles. The van der Waals surface area contributed by atoms with Crippen LogP contribution in [0.15, 0.2) is 23.2 Å². The molecular weight excluding hydrogens is 266 g/mol. The van der Waals surface area contributed by atoms with E-state index in [1.54, 1.807) is 0 Å². The summed E-state index contributed by atoms with van der Waals surface area (Å²) in [5.41, 5.74) is 7.53. The summed E-state index contributed by atoms with van der Waals surface area (Å²) in [4.78, 5) is 4.46. The summed E-state index contributed by atoms with van der Waals surface area (Å²) in [6.07, 6.45) is 5.03. The number of ether oxygens (including phenoxy) is 2. The minimum atomic E-state index is 0.479. The van der Waals surface area contributed by atoms with E-state index in [0.29, 0.717) is 24.6 Å². The SMILES string of the molecule is NC(=NCC1CC12CC2)Nc1ccc2c(c1)OCCCO2. The van der Waals surface area contributed by atoms with Crippen LogP contribution in [-0.2, 0) is 0 Å². The van der Waals surface area contributed by atoms with Gasteiger partial charge in [0.2, 0.25) is 0 Å². The van der Waals surface area contributed by atoms with Gasteiger partial charge < -0.3 is 20.5 Å². The molecular formula is C16H21N3O2. The minimum absolute atomic E-state index is 0.479. The van der Waals surface area contributed by atoms with E-state index in [0.717, 1.165) is 36.1 Å². The average molecular weight is 287 g/mol. The van der Waals surface area contributed by atoms with E-state index >= 15 is 0 Å². The molecule has 2 fully saturated rings. The molecule has 5 nitrogen and oxygen atoms in total. The van der Waals surface area contributed by atoms with Crippen molar-refractivity contribution in [3.63, 3.8) is 0 Å². The molecule has 0 saturated heterocycles. The van der Waals surface area contributed by atoms with Gasteiger partial charge >= 0.3 is 0 Å². The fourth-order valence-corrected chi connectivity index (χ4v) is 3.10. The van der Waals surface area contributed by atoms with Crippen LogP contribution in [0, 0.1) is 11.3 Å². The number of benzene rings is 1. The number of nitrogens with one attached hydrogen (secondary N) is 1. The first-order valence-corrected chi connectivity index (χ1v) is 7.72. The molecule has 0 radical (unpaired) electrons. The summed E-state index contributed by atoms with van der Waals surface area (Å²) < 4.78 is 11.3. The van der Waals surface area contributed by atoms with Crippen molar-refractivity contribution in [2.45, 2.75) is 25.7 Å². The second kappa shape index (κ2) is 4.83. The van der Waals surface area contributed by atoms with Crippen LogP contribution in [0.4, 0.5) is 5.69 Å². The summed E-state index contributed by atoms with van der Waals surface area (Å²) in [7, 11) is 0. The number of aliphatic imine (C=N–C) groups is 1. The summed E-state index contributed by atoms with van der Waals surface area (Å²) >= 11 is 0. The number of nitrogens with zero attached hydrogens (tertiary/aromatic N) is 1. The highest BCUT2D eigenvalue weighted by atomic mass is 16.5. The maximum absolute atomic E-state index is 5.96. The molecule has 2 aliphatic carbocycles. The van der Waals surface area contributed by atoms with E-state index < -0.39 is 0 Å². The largest absolute Gasteiger partial charge is 0.490 e. The second-order valence-electron chi connectivity index (χ2n) is 6.33. The fourth-order valence-electron chi connectivity index (χ4n) is 3.10. The topological polar surface area (TPSA) is 68.9 Å². The molecule has 1 unspecified atom stereocenters. The van der Waals surface area contributed by atoms with Crippen molar-refractivity contribution < 1.29 is 9.47 Å². The third kappa shape index (κ3) is 2.64. The fraction of sp³-hybridized carbons (Fsp3) is 0.562. The Labute approximate surface area is 124 Å². The molecule has 3 N–H and O–H groups in total. The van der Waals surface area contributed by atoms with Crippen LogP contribution in [0.1, 0.15) is 25.7 Å². The zero-order valence-corrected chi connectivity index (χ0v) is 12.1. The number of anilines is 1. The van der Waals surface area contributed by atoms with Crippen LogP contribution in [0.25, 0.3) is 0 Å². The van der Waals surface area contributed by atoms with E-state index in [1.807, 2.05) is 18.2 Å². The molecule has 1 atom stereocenters. The molecule has 1 spiro atoms. The normalized spacial score (nSPS) is 25.3. The van der Waals surface area contributed by atoms with Gasteiger partial charge in [0.1, 0.15) is 0 Å². The van der Waals surface area contributed by atoms with Gasteiger partial charge in [0.25, 0.3) is 0 Å². The van der Waals surface area contributed by atoms with E-state index in [-0.39, 0.29) is 0 Å². The highest BCUT2D eigenvalue weighted by Gasteiger charge is 2.62. The van der Waals surface area contributed by atoms with Gasteiger partial charge in [-0.15, -0.1) is 0 Å². The highest BCUT2D eigenvalue weighted by Crippen LogP contribution is 2.70. The Hall–Kier alpha value is -1.91. The van der Waals surface area contributed by atoms with Crippen LogP contribution in [-0.4, -0.2) is 25.7 Å². The van der Waals surface area contributed by atoms with Crippen LogP contribution in [0.3, 0.4) is 0 Å². The predicted molar refractivity (Wildman–Crippen MR) is 81.9 cm³/mol. The lowest BCUT2D eigenvalue weighted by molar-refractivity contribution is 0.297. The van der Waals surface area contributed by atoms with Crippen LogP contribution in [0.2, 0.25) is 0 Å². The average Bonchev–Trinajstić information content (AvgIpc) is 3.38. The number of fused-ring (bicyclic) bond motifs is 1. The second-order valence-corrected chi connectivity index (χ2v) is 6.33. The van der Waals surface area contributed by atoms with Crippen molar-refractivity contribution >= 4 is 11.6 Å². The van der Waals surface area contributed by atoms with E-state index in [4.69, 9.17) is 15.2 Å².